The van der Waals surface area contributed by atoms with Crippen LogP contribution in [0.5, 0.6) is 0 Å². The lowest BCUT2D eigenvalue weighted by Gasteiger charge is -2.16. The Balaban J connectivity index is 2.94. The van der Waals surface area contributed by atoms with Gasteiger partial charge in [-0.3, -0.25) is 5.41 Å². The molecule has 7 N–H and O–H groups in total. The van der Waals surface area contributed by atoms with Crippen molar-refractivity contribution in [1.29, 1.82) is 5.41 Å². The molecule has 0 amide bonds. The maximum atomic E-state index is 9.65. The van der Waals surface area contributed by atoms with E-state index in [1.807, 2.05) is 0 Å². The van der Waals surface area contributed by atoms with Gasteiger partial charge in [0.1, 0.15) is 11.9 Å². The van der Waals surface area contributed by atoms with Gasteiger partial charge in [-0.1, -0.05) is 18.2 Å². The van der Waals surface area contributed by atoms with Crippen LogP contribution in [0.25, 0.3) is 0 Å². The van der Waals surface area contributed by atoms with E-state index in [1.165, 1.54) is 0 Å². The van der Waals surface area contributed by atoms with Crippen LogP contribution in [0.15, 0.2) is 24.3 Å². The first-order chi connectivity index (χ1) is 7.06. The molecule has 5 nitrogen and oxygen atoms in total. The van der Waals surface area contributed by atoms with Crippen molar-refractivity contribution in [3.05, 3.63) is 35.4 Å². The largest absolute Gasteiger partial charge is 0.389 e. The third-order valence-electron chi connectivity index (χ3n) is 2.15. The Morgan fingerprint density at radius 3 is 2.60 bits per heavy atom. The number of rotatable bonds is 4. The molecule has 0 saturated carbocycles. The molecule has 0 aliphatic heterocycles. The molecule has 0 saturated heterocycles. The maximum Gasteiger partial charge on any atom is 0.122 e. The van der Waals surface area contributed by atoms with Crippen LogP contribution >= 0.6 is 0 Å². The van der Waals surface area contributed by atoms with E-state index in [2.05, 4.69) is 0 Å². The molecular formula is C10H15N3O2. The van der Waals surface area contributed by atoms with Gasteiger partial charge in [-0.2, -0.15) is 0 Å². The predicted octanol–water partition coefficient (Wildman–Crippen LogP) is -0.676. The highest BCUT2D eigenvalue weighted by Gasteiger charge is 2.16. The van der Waals surface area contributed by atoms with E-state index in [0.29, 0.717) is 11.1 Å². The zero-order chi connectivity index (χ0) is 11.4. The van der Waals surface area contributed by atoms with Gasteiger partial charge in [-0.15, -0.1) is 0 Å². The molecule has 82 valence electrons. The Bertz CT molecular complexity index is 354. The van der Waals surface area contributed by atoms with Crippen molar-refractivity contribution in [3.63, 3.8) is 0 Å². The number of nitrogens with two attached hydrogens (primary N) is 2. The molecule has 0 bridgehead atoms. The summed E-state index contributed by atoms with van der Waals surface area (Å²) in [5, 5.41) is 26.2. The molecule has 0 aliphatic rings. The quantitative estimate of drug-likeness (QED) is 0.334. The molecule has 0 fully saturated rings. The fourth-order valence-corrected chi connectivity index (χ4v) is 1.24. The highest BCUT2D eigenvalue weighted by molar-refractivity contribution is 5.95. The summed E-state index contributed by atoms with van der Waals surface area (Å²) >= 11 is 0. The third-order valence-corrected chi connectivity index (χ3v) is 2.15. The number of hydrogen-bond donors (Lipinski definition) is 5. The number of amidine groups is 1. The van der Waals surface area contributed by atoms with Crippen molar-refractivity contribution in [1.82, 2.24) is 0 Å². The molecule has 0 spiro atoms. The predicted molar refractivity (Wildman–Crippen MR) is 57.5 cm³/mol. The SMILES string of the molecule is N=C(N)c1cccc(C(O)C(O)CN)c1. The molecule has 0 radical (unpaired) electrons. The Labute approximate surface area is 87.8 Å². The minimum absolute atomic E-state index is 0.0224. The van der Waals surface area contributed by atoms with Crippen LogP contribution in [-0.2, 0) is 0 Å². The van der Waals surface area contributed by atoms with Crippen molar-refractivity contribution in [2.45, 2.75) is 12.2 Å². The van der Waals surface area contributed by atoms with Gasteiger partial charge < -0.3 is 21.7 Å². The van der Waals surface area contributed by atoms with Crippen LogP contribution in [0.1, 0.15) is 17.2 Å². The number of aliphatic hydroxyl groups is 2. The summed E-state index contributed by atoms with van der Waals surface area (Å²) in [5.74, 6) is -0.0775. The number of aliphatic hydroxyl groups excluding tert-OH is 2. The van der Waals surface area contributed by atoms with E-state index in [1.54, 1.807) is 24.3 Å². The molecule has 0 aliphatic carbocycles. The normalized spacial score (nSPS) is 14.6. The van der Waals surface area contributed by atoms with Crippen LogP contribution in [0.4, 0.5) is 0 Å². The van der Waals surface area contributed by atoms with Crippen molar-refractivity contribution >= 4 is 5.84 Å². The summed E-state index contributed by atoms with van der Waals surface area (Å²) in [6.07, 6.45) is -2.05. The minimum Gasteiger partial charge on any atom is -0.389 e. The Morgan fingerprint density at radius 1 is 1.40 bits per heavy atom. The van der Waals surface area contributed by atoms with Crippen LogP contribution in [0.3, 0.4) is 0 Å². The Kier molecular flexibility index (Phi) is 3.79. The first kappa shape index (κ1) is 11.6. The average molecular weight is 209 g/mol. The summed E-state index contributed by atoms with van der Waals surface area (Å²) in [7, 11) is 0. The third kappa shape index (κ3) is 2.76. The minimum atomic E-state index is -1.05. The van der Waals surface area contributed by atoms with Crippen LogP contribution in [0, 0.1) is 5.41 Å². The molecule has 2 atom stereocenters. The lowest BCUT2D eigenvalue weighted by Crippen LogP contribution is -2.27. The van der Waals surface area contributed by atoms with E-state index >= 15 is 0 Å². The molecule has 0 heterocycles. The molecule has 0 aromatic heterocycles. The van der Waals surface area contributed by atoms with Gasteiger partial charge in [0.2, 0.25) is 0 Å². The van der Waals surface area contributed by atoms with E-state index in [9.17, 15) is 10.2 Å². The zero-order valence-corrected chi connectivity index (χ0v) is 8.22. The first-order valence-corrected chi connectivity index (χ1v) is 4.56. The molecule has 2 unspecified atom stereocenters. The lowest BCUT2D eigenvalue weighted by molar-refractivity contribution is 0.0243. The number of nitrogen functional groups attached to an aromatic ring is 1. The maximum absolute atomic E-state index is 9.65. The van der Waals surface area contributed by atoms with Crippen molar-refractivity contribution in [3.8, 4) is 0 Å². The lowest BCUT2D eigenvalue weighted by atomic mass is 10.0. The van der Waals surface area contributed by atoms with Gasteiger partial charge >= 0.3 is 0 Å². The van der Waals surface area contributed by atoms with Crippen molar-refractivity contribution in [2.24, 2.45) is 11.5 Å². The van der Waals surface area contributed by atoms with Crippen LogP contribution in [0.2, 0.25) is 0 Å². The number of nitrogens with one attached hydrogen (secondary N) is 1. The summed E-state index contributed by atoms with van der Waals surface area (Å²) < 4.78 is 0. The van der Waals surface area contributed by atoms with Crippen LogP contribution < -0.4 is 11.5 Å². The van der Waals surface area contributed by atoms with Gasteiger partial charge in [0.25, 0.3) is 0 Å². The summed E-state index contributed by atoms with van der Waals surface area (Å²) in [6, 6.07) is 6.54. The smallest absolute Gasteiger partial charge is 0.122 e. The second-order valence-electron chi connectivity index (χ2n) is 3.29. The highest BCUT2D eigenvalue weighted by Crippen LogP contribution is 2.17. The van der Waals surface area contributed by atoms with Gasteiger partial charge in [0, 0.05) is 12.1 Å². The van der Waals surface area contributed by atoms with E-state index in [0.717, 1.165) is 0 Å². The molecule has 1 aromatic rings. The fraction of sp³-hybridized carbons (Fsp3) is 0.300. The molecular weight excluding hydrogens is 194 g/mol. The molecule has 15 heavy (non-hydrogen) atoms. The van der Waals surface area contributed by atoms with Crippen molar-refractivity contribution < 1.29 is 10.2 Å². The summed E-state index contributed by atoms with van der Waals surface area (Å²) in [5.41, 5.74) is 11.5. The van der Waals surface area contributed by atoms with Gasteiger partial charge in [-0.25, -0.2) is 0 Å². The summed E-state index contributed by atoms with van der Waals surface area (Å²) in [4.78, 5) is 0. The van der Waals surface area contributed by atoms with E-state index in [4.69, 9.17) is 16.9 Å². The van der Waals surface area contributed by atoms with Gasteiger partial charge in [0.05, 0.1) is 6.10 Å². The molecule has 5 heteroatoms. The monoisotopic (exact) mass is 209 g/mol. The van der Waals surface area contributed by atoms with E-state index in [-0.39, 0.29) is 12.4 Å². The Morgan fingerprint density at radius 2 is 2.07 bits per heavy atom. The Hall–Kier alpha value is -1.43. The van der Waals surface area contributed by atoms with Gasteiger partial charge in [-0.05, 0) is 11.6 Å². The van der Waals surface area contributed by atoms with E-state index < -0.39 is 12.2 Å². The first-order valence-electron chi connectivity index (χ1n) is 4.56. The van der Waals surface area contributed by atoms with Crippen molar-refractivity contribution in [2.75, 3.05) is 6.54 Å². The number of hydrogen-bond acceptors (Lipinski definition) is 4. The number of benzene rings is 1. The van der Waals surface area contributed by atoms with Crippen LogP contribution in [-0.4, -0.2) is 28.7 Å². The second kappa shape index (κ2) is 4.88. The molecule has 1 aromatic carbocycles. The standard InChI is InChI=1S/C10H15N3O2/c11-5-8(14)9(15)6-2-1-3-7(4-6)10(12)13/h1-4,8-9,14-15H,5,11H2,(H3,12,13). The fourth-order valence-electron chi connectivity index (χ4n) is 1.24. The van der Waals surface area contributed by atoms with Gasteiger partial charge in [0.15, 0.2) is 0 Å². The second-order valence-corrected chi connectivity index (χ2v) is 3.29. The highest BCUT2D eigenvalue weighted by atomic mass is 16.3. The average Bonchev–Trinajstić information content (AvgIpc) is 2.27. The zero-order valence-electron chi connectivity index (χ0n) is 8.22. The summed E-state index contributed by atoms with van der Waals surface area (Å²) in [6.45, 7) is -0.0224. The molecule has 1 rings (SSSR count). The topological polar surface area (TPSA) is 116 Å².